The predicted octanol–water partition coefficient (Wildman–Crippen LogP) is 5.10. The quantitative estimate of drug-likeness (QED) is 0.374. The molecule has 1 atom stereocenters. The largest absolute Gasteiger partial charge is 0.403 e. The third-order valence-corrected chi connectivity index (χ3v) is 5.54. The SMILES string of the molecule is N/C=C(\NC(c1ccccc1)(c1ccccc1)c1ccccc1)C(O)c1ccccc1. The van der Waals surface area contributed by atoms with Gasteiger partial charge in [0.1, 0.15) is 11.6 Å². The summed E-state index contributed by atoms with van der Waals surface area (Å²) in [5, 5.41) is 14.8. The maximum atomic E-state index is 11.2. The Morgan fingerprint density at radius 2 is 1.00 bits per heavy atom. The van der Waals surface area contributed by atoms with E-state index in [9.17, 15) is 5.11 Å². The maximum absolute atomic E-state index is 11.2. The van der Waals surface area contributed by atoms with Crippen molar-refractivity contribution >= 4 is 0 Å². The van der Waals surface area contributed by atoms with Crippen molar-refractivity contribution in [3.8, 4) is 0 Å². The first-order chi connectivity index (χ1) is 15.3. The number of aliphatic hydroxyl groups is 1. The summed E-state index contributed by atoms with van der Waals surface area (Å²) in [6, 6.07) is 40.2. The van der Waals surface area contributed by atoms with Crippen molar-refractivity contribution in [2.75, 3.05) is 0 Å². The Balaban J connectivity index is 1.92. The molecule has 4 aromatic rings. The summed E-state index contributed by atoms with van der Waals surface area (Å²) in [5.74, 6) is 0. The Labute approximate surface area is 183 Å². The normalized spacial score (nSPS) is 12.9. The van der Waals surface area contributed by atoms with Crippen molar-refractivity contribution in [1.29, 1.82) is 0 Å². The zero-order valence-corrected chi connectivity index (χ0v) is 17.2. The van der Waals surface area contributed by atoms with Crippen LogP contribution in [0, 0.1) is 0 Å². The number of nitrogens with two attached hydrogens (primary N) is 1. The van der Waals surface area contributed by atoms with Crippen LogP contribution in [-0.2, 0) is 5.54 Å². The van der Waals surface area contributed by atoms with Crippen molar-refractivity contribution < 1.29 is 5.11 Å². The zero-order chi connectivity index (χ0) is 21.5. The number of benzene rings is 4. The van der Waals surface area contributed by atoms with Gasteiger partial charge in [0.2, 0.25) is 0 Å². The van der Waals surface area contributed by atoms with Gasteiger partial charge in [-0.3, -0.25) is 0 Å². The molecule has 154 valence electrons. The van der Waals surface area contributed by atoms with E-state index in [4.69, 9.17) is 5.73 Å². The van der Waals surface area contributed by atoms with Gasteiger partial charge in [-0.25, -0.2) is 0 Å². The van der Waals surface area contributed by atoms with Crippen LogP contribution in [0.1, 0.15) is 28.4 Å². The molecule has 0 aliphatic carbocycles. The molecule has 0 saturated heterocycles. The van der Waals surface area contributed by atoms with Gasteiger partial charge in [-0.05, 0) is 22.3 Å². The van der Waals surface area contributed by atoms with E-state index >= 15 is 0 Å². The van der Waals surface area contributed by atoms with Gasteiger partial charge in [-0.15, -0.1) is 0 Å². The van der Waals surface area contributed by atoms with Crippen molar-refractivity contribution in [1.82, 2.24) is 5.32 Å². The second-order valence-corrected chi connectivity index (χ2v) is 7.41. The molecule has 0 heterocycles. The molecule has 3 nitrogen and oxygen atoms in total. The summed E-state index contributed by atoms with van der Waals surface area (Å²) in [6.07, 6.45) is 0.572. The van der Waals surface area contributed by atoms with Gasteiger partial charge in [0, 0.05) is 6.20 Å². The molecule has 31 heavy (non-hydrogen) atoms. The van der Waals surface area contributed by atoms with Gasteiger partial charge in [0.25, 0.3) is 0 Å². The molecular formula is C28H26N2O. The van der Waals surface area contributed by atoms with Crippen molar-refractivity contribution in [3.05, 3.63) is 155 Å². The molecule has 0 radical (unpaired) electrons. The molecule has 4 aromatic carbocycles. The van der Waals surface area contributed by atoms with Crippen molar-refractivity contribution in [2.45, 2.75) is 11.6 Å². The van der Waals surface area contributed by atoms with Gasteiger partial charge in [-0.2, -0.15) is 0 Å². The topological polar surface area (TPSA) is 58.3 Å². The average Bonchev–Trinajstić information content (AvgIpc) is 2.87. The lowest BCUT2D eigenvalue weighted by molar-refractivity contribution is 0.200. The predicted molar refractivity (Wildman–Crippen MR) is 126 cm³/mol. The van der Waals surface area contributed by atoms with Crippen LogP contribution in [-0.4, -0.2) is 5.11 Å². The molecule has 4 N–H and O–H groups in total. The molecule has 0 saturated carbocycles. The standard InChI is InChI=1S/C28H26N2O/c29-21-26(27(31)22-13-5-1-6-14-22)30-28(23-15-7-2-8-16-23,24-17-9-3-10-18-24)25-19-11-4-12-20-25/h1-21,27,30-31H,29H2/b26-21-. The fraction of sp³-hybridized carbons (Fsp3) is 0.0714. The molecule has 0 spiro atoms. The minimum Gasteiger partial charge on any atom is -0.403 e. The maximum Gasteiger partial charge on any atom is 0.120 e. The number of hydrogen-bond acceptors (Lipinski definition) is 3. The van der Waals surface area contributed by atoms with E-state index in [0.29, 0.717) is 5.70 Å². The van der Waals surface area contributed by atoms with Crippen LogP contribution in [0.5, 0.6) is 0 Å². The van der Waals surface area contributed by atoms with Crippen LogP contribution >= 0.6 is 0 Å². The first-order valence-electron chi connectivity index (χ1n) is 10.4. The van der Waals surface area contributed by atoms with Gasteiger partial charge in [-0.1, -0.05) is 121 Å². The highest BCUT2D eigenvalue weighted by Gasteiger charge is 2.37. The highest BCUT2D eigenvalue weighted by Crippen LogP contribution is 2.39. The molecule has 1 unspecified atom stereocenters. The number of rotatable bonds is 7. The average molecular weight is 407 g/mol. The van der Waals surface area contributed by atoms with Crippen LogP contribution in [0.2, 0.25) is 0 Å². The van der Waals surface area contributed by atoms with E-state index in [1.807, 2.05) is 84.9 Å². The number of nitrogens with one attached hydrogen (secondary N) is 1. The number of hydrogen-bond donors (Lipinski definition) is 3. The molecule has 3 heteroatoms. The number of aliphatic hydroxyl groups excluding tert-OH is 1. The molecule has 0 amide bonds. The Hall–Kier alpha value is -3.82. The van der Waals surface area contributed by atoms with E-state index in [1.165, 1.54) is 6.20 Å². The van der Waals surface area contributed by atoms with E-state index < -0.39 is 11.6 Å². The van der Waals surface area contributed by atoms with E-state index in [2.05, 4.69) is 41.7 Å². The summed E-state index contributed by atoms with van der Waals surface area (Å²) >= 11 is 0. The minimum absolute atomic E-state index is 0.530. The van der Waals surface area contributed by atoms with Crippen LogP contribution in [0.3, 0.4) is 0 Å². The summed E-state index contributed by atoms with van der Waals surface area (Å²) in [4.78, 5) is 0. The zero-order valence-electron chi connectivity index (χ0n) is 17.2. The third-order valence-electron chi connectivity index (χ3n) is 5.54. The van der Waals surface area contributed by atoms with Gasteiger partial charge >= 0.3 is 0 Å². The highest BCUT2D eigenvalue weighted by molar-refractivity contribution is 5.51. The van der Waals surface area contributed by atoms with Crippen LogP contribution in [0.4, 0.5) is 0 Å². The summed E-state index contributed by atoms with van der Waals surface area (Å²) < 4.78 is 0. The molecular weight excluding hydrogens is 380 g/mol. The molecule has 0 bridgehead atoms. The molecule has 0 fully saturated rings. The Morgan fingerprint density at radius 3 is 1.35 bits per heavy atom. The van der Waals surface area contributed by atoms with Gasteiger partial charge < -0.3 is 16.2 Å². The summed E-state index contributed by atoms with van der Waals surface area (Å²) in [5.41, 5.74) is 9.77. The fourth-order valence-electron chi connectivity index (χ4n) is 4.01. The van der Waals surface area contributed by atoms with Crippen molar-refractivity contribution in [2.24, 2.45) is 5.73 Å². The Kier molecular flexibility index (Phi) is 6.16. The van der Waals surface area contributed by atoms with Crippen LogP contribution in [0.15, 0.2) is 133 Å². The first-order valence-corrected chi connectivity index (χ1v) is 10.4. The van der Waals surface area contributed by atoms with E-state index in [-0.39, 0.29) is 0 Å². The van der Waals surface area contributed by atoms with Gasteiger partial charge in [0.15, 0.2) is 0 Å². The second kappa shape index (κ2) is 9.33. The lowest BCUT2D eigenvalue weighted by Gasteiger charge is -2.39. The monoisotopic (exact) mass is 406 g/mol. The van der Waals surface area contributed by atoms with Crippen LogP contribution < -0.4 is 11.1 Å². The Morgan fingerprint density at radius 1 is 0.645 bits per heavy atom. The van der Waals surface area contributed by atoms with Crippen molar-refractivity contribution in [3.63, 3.8) is 0 Å². The molecule has 4 rings (SSSR count). The smallest absolute Gasteiger partial charge is 0.120 e. The molecule has 0 aliphatic heterocycles. The second-order valence-electron chi connectivity index (χ2n) is 7.41. The van der Waals surface area contributed by atoms with E-state index in [1.54, 1.807) is 0 Å². The van der Waals surface area contributed by atoms with E-state index in [0.717, 1.165) is 22.3 Å². The highest BCUT2D eigenvalue weighted by atomic mass is 16.3. The molecule has 0 aromatic heterocycles. The Bertz CT molecular complexity index is 1010. The lowest BCUT2D eigenvalue weighted by Crippen LogP contribution is -2.45. The third kappa shape index (κ3) is 4.09. The lowest BCUT2D eigenvalue weighted by atomic mass is 9.76. The summed E-state index contributed by atoms with van der Waals surface area (Å²) in [7, 11) is 0. The van der Waals surface area contributed by atoms with Crippen LogP contribution in [0.25, 0.3) is 0 Å². The fourth-order valence-corrected chi connectivity index (χ4v) is 4.01. The van der Waals surface area contributed by atoms with Gasteiger partial charge in [0.05, 0.1) is 5.70 Å². The summed E-state index contributed by atoms with van der Waals surface area (Å²) in [6.45, 7) is 0. The first kappa shape index (κ1) is 20.5. The minimum atomic E-state index is -0.887. The molecule has 0 aliphatic rings.